The number of halogens is 1. The summed E-state index contributed by atoms with van der Waals surface area (Å²) in [5, 5.41) is 10.3. The SMILES string of the molecule is Cc1cc2ccccc2n1Cc1cc(F)ccc1C#N. The Labute approximate surface area is 116 Å². The Morgan fingerprint density at radius 1 is 1.15 bits per heavy atom. The maximum Gasteiger partial charge on any atom is 0.123 e. The van der Waals surface area contributed by atoms with Gasteiger partial charge in [0, 0.05) is 17.8 Å². The fourth-order valence-electron chi connectivity index (χ4n) is 2.53. The van der Waals surface area contributed by atoms with Crippen LogP contribution in [0.1, 0.15) is 16.8 Å². The van der Waals surface area contributed by atoms with Gasteiger partial charge in [0.1, 0.15) is 5.82 Å². The molecule has 3 aromatic rings. The van der Waals surface area contributed by atoms with Gasteiger partial charge in [-0.05, 0) is 48.2 Å². The molecule has 2 nitrogen and oxygen atoms in total. The van der Waals surface area contributed by atoms with Gasteiger partial charge >= 0.3 is 0 Å². The summed E-state index contributed by atoms with van der Waals surface area (Å²) in [7, 11) is 0. The molecule has 0 bridgehead atoms. The number of aromatic nitrogens is 1. The Morgan fingerprint density at radius 2 is 1.95 bits per heavy atom. The fraction of sp³-hybridized carbons (Fsp3) is 0.118. The van der Waals surface area contributed by atoms with Crippen LogP contribution in [0.3, 0.4) is 0 Å². The summed E-state index contributed by atoms with van der Waals surface area (Å²) in [6.07, 6.45) is 0. The second kappa shape index (κ2) is 4.82. The number of hydrogen-bond acceptors (Lipinski definition) is 1. The predicted molar refractivity (Wildman–Crippen MR) is 76.9 cm³/mol. The van der Waals surface area contributed by atoms with Crippen molar-refractivity contribution in [3.05, 3.63) is 71.2 Å². The van der Waals surface area contributed by atoms with Crippen molar-refractivity contribution in [3.8, 4) is 6.07 Å². The van der Waals surface area contributed by atoms with E-state index in [4.69, 9.17) is 5.26 Å². The van der Waals surface area contributed by atoms with Crippen molar-refractivity contribution in [2.75, 3.05) is 0 Å². The maximum atomic E-state index is 13.4. The minimum atomic E-state index is -0.312. The van der Waals surface area contributed by atoms with E-state index in [1.54, 1.807) is 0 Å². The first-order valence-electron chi connectivity index (χ1n) is 6.42. The molecule has 2 aromatic carbocycles. The van der Waals surface area contributed by atoms with E-state index in [-0.39, 0.29) is 5.82 Å². The third-order valence-electron chi connectivity index (χ3n) is 3.53. The molecule has 1 aromatic heterocycles. The molecule has 0 atom stereocenters. The number of para-hydroxylation sites is 1. The summed E-state index contributed by atoms with van der Waals surface area (Å²) in [6.45, 7) is 2.52. The Bertz CT molecular complexity index is 825. The summed E-state index contributed by atoms with van der Waals surface area (Å²) in [4.78, 5) is 0. The first-order chi connectivity index (χ1) is 9.69. The number of hydrogen-bond donors (Lipinski definition) is 0. The average Bonchev–Trinajstić information content (AvgIpc) is 2.76. The highest BCUT2D eigenvalue weighted by molar-refractivity contribution is 5.81. The summed E-state index contributed by atoms with van der Waals surface area (Å²) in [5.74, 6) is -0.312. The monoisotopic (exact) mass is 264 g/mol. The molecule has 0 saturated carbocycles. The Hall–Kier alpha value is -2.60. The van der Waals surface area contributed by atoms with Crippen molar-refractivity contribution in [1.29, 1.82) is 5.26 Å². The van der Waals surface area contributed by atoms with Crippen LogP contribution in [0.25, 0.3) is 10.9 Å². The molecule has 0 aliphatic carbocycles. The summed E-state index contributed by atoms with van der Waals surface area (Å²) in [5.41, 5.74) is 3.41. The average molecular weight is 264 g/mol. The number of nitriles is 1. The molecule has 0 aliphatic heterocycles. The smallest absolute Gasteiger partial charge is 0.123 e. The van der Waals surface area contributed by atoms with Crippen LogP contribution < -0.4 is 0 Å². The first kappa shape index (κ1) is 12.4. The molecule has 0 saturated heterocycles. The van der Waals surface area contributed by atoms with Gasteiger partial charge in [-0.1, -0.05) is 18.2 Å². The third kappa shape index (κ3) is 2.06. The summed E-state index contributed by atoms with van der Waals surface area (Å²) < 4.78 is 15.5. The van der Waals surface area contributed by atoms with E-state index >= 15 is 0 Å². The van der Waals surface area contributed by atoms with E-state index in [0.29, 0.717) is 17.7 Å². The van der Waals surface area contributed by atoms with Crippen LogP contribution >= 0.6 is 0 Å². The largest absolute Gasteiger partial charge is 0.340 e. The molecule has 0 radical (unpaired) electrons. The molecule has 0 spiro atoms. The molecular weight excluding hydrogens is 251 g/mol. The van der Waals surface area contributed by atoms with Gasteiger partial charge in [-0.15, -0.1) is 0 Å². The molecular formula is C17H13FN2. The van der Waals surface area contributed by atoms with Crippen LogP contribution in [-0.4, -0.2) is 4.57 Å². The molecule has 0 amide bonds. The third-order valence-corrected chi connectivity index (χ3v) is 3.53. The van der Waals surface area contributed by atoms with E-state index < -0.39 is 0 Å². The number of aryl methyl sites for hydroxylation is 1. The molecule has 0 N–H and O–H groups in total. The van der Waals surface area contributed by atoms with Gasteiger partial charge in [0.25, 0.3) is 0 Å². The van der Waals surface area contributed by atoms with Crippen LogP contribution in [0.5, 0.6) is 0 Å². The van der Waals surface area contributed by atoms with Gasteiger partial charge in [0.05, 0.1) is 11.6 Å². The van der Waals surface area contributed by atoms with Gasteiger partial charge in [-0.2, -0.15) is 5.26 Å². The van der Waals surface area contributed by atoms with Crippen LogP contribution in [0, 0.1) is 24.1 Å². The van der Waals surface area contributed by atoms with Gasteiger partial charge in [-0.3, -0.25) is 0 Å². The molecule has 1 heterocycles. The summed E-state index contributed by atoms with van der Waals surface area (Å²) >= 11 is 0. The normalized spacial score (nSPS) is 10.7. The maximum absolute atomic E-state index is 13.4. The van der Waals surface area contributed by atoms with Crippen LogP contribution in [0.15, 0.2) is 48.5 Å². The second-order valence-corrected chi connectivity index (χ2v) is 4.84. The molecule has 3 rings (SSSR count). The first-order valence-corrected chi connectivity index (χ1v) is 6.42. The van der Waals surface area contributed by atoms with E-state index in [0.717, 1.165) is 16.6 Å². The van der Waals surface area contributed by atoms with Crippen molar-refractivity contribution in [2.24, 2.45) is 0 Å². The van der Waals surface area contributed by atoms with Crippen molar-refractivity contribution in [1.82, 2.24) is 4.57 Å². The second-order valence-electron chi connectivity index (χ2n) is 4.84. The lowest BCUT2D eigenvalue weighted by Gasteiger charge is -2.10. The number of nitrogens with zero attached hydrogens (tertiary/aromatic N) is 2. The van der Waals surface area contributed by atoms with Gasteiger partial charge in [0.2, 0.25) is 0 Å². The highest BCUT2D eigenvalue weighted by Crippen LogP contribution is 2.22. The van der Waals surface area contributed by atoms with E-state index in [2.05, 4.69) is 22.8 Å². The Balaban J connectivity index is 2.12. The number of rotatable bonds is 2. The molecule has 3 heteroatoms. The van der Waals surface area contributed by atoms with Gasteiger partial charge < -0.3 is 4.57 Å². The minimum Gasteiger partial charge on any atom is -0.340 e. The molecule has 20 heavy (non-hydrogen) atoms. The molecule has 0 unspecified atom stereocenters. The quantitative estimate of drug-likeness (QED) is 0.687. The van der Waals surface area contributed by atoms with Crippen LogP contribution in [0.4, 0.5) is 4.39 Å². The number of benzene rings is 2. The zero-order chi connectivity index (χ0) is 14.1. The van der Waals surface area contributed by atoms with E-state index in [9.17, 15) is 4.39 Å². The molecule has 98 valence electrons. The van der Waals surface area contributed by atoms with Gasteiger partial charge in [-0.25, -0.2) is 4.39 Å². The zero-order valence-corrected chi connectivity index (χ0v) is 11.1. The molecule has 0 aliphatic rings. The topological polar surface area (TPSA) is 28.7 Å². The lowest BCUT2D eigenvalue weighted by molar-refractivity contribution is 0.623. The standard InChI is InChI=1S/C17H13FN2/c1-12-8-13-4-2-3-5-17(13)20(12)11-15-9-16(18)7-6-14(15)10-19/h2-9H,11H2,1H3. The Morgan fingerprint density at radius 3 is 2.75 bits per heavy atom. The predicted octanol–water partition coefficient (Wildman–Crippen LogP) is 4.01. The van der Waals surface area contributed by atoms with Crippen LogP contribution in [0.2, 0.25) is 0 Å². The lowest BCUT2D eigenvalue weighted by Crippen LogP contribution is -2.03. The highest BCUT2D eigenvalue weighted by atomic mass is 19.1. The van der Waals surface area contributed by atoms with Crippen molar-refractivity contribution < 1.29 is 4.39 Å². The van der Waals surface area contributed by atoms with E-state index in [1.165, 1.54) is 18.2 Å². The Kier molecular flexibility index (Phi) is 3.00. The van der Waals surface area contributed by atoms with Crippen molar-refractivity contribution in [2.45, 2.75) is 13.5 Å². The minimum absolute atomic E-state index is 0.312. The fourth-order valence-corrected chi connectivity index (χ4v) is 2.53. The lowest BCUT2D eigenvalue weighted by atomic mass is 10.1. The summed E-state index contributed by atoms with van der Waals surface area (Å²) in [6, 6.07) is 16.6. The zero-order valence-electron chi connectivity index (χ0n) is 11.1. The highest BCUT2D eigenvalue weighted by Gasteiger charge is 2.09. The van der Waals surface area contributed by atoms with Crippen molar-refractivity contribution in [3.63, 3.8) is 0 Å². The van der Waals surface area contributed by atoms with Gasteiger partial charge in [0.15, 0.2) is 0 Å². The van der Waals surface area contributed by atoms with Crippen molar-refractivity contribution >= 4 is 10.9 Å². The van der Waals surface area contributed by atoms with Crippen LogP contribution in [-0.2, 0) is 6.54 Å². The van der Waals surface area contributed by atoms with E-state index in [1.807, 2.05) is 25.1 Å². The number of fused-ring (bicyclic) bond motifs is 1. The molecule has 0 fully saturated rings.